The summed E-state index contributed by atoms with van der Waals surface area (Å²) in [6.45, 7) is 5.49. The fourth-order valence-electron chi connectivity index (χ4n) is 2.58. The van der Waals surface area contributed by atoms with Crippen LogP contribution >= 0.6 is 0 Å². The van der Waals surface area contributed by atoms with E-state index in [0.29, 0.717) is 0 Å². The molecule has 2 fully saturated rings. The maximum Gasteiger partial charge on any atom is 0.329 e. The molecule has 1 heterocycles. The van der Waals surface area contributed by atoms with Crippen LogP contribution < -0.4 is 10.6 Å². The number of hydrogen-bond acceptors (Lipinski definition) is 4. The molecule has 3 N–H and O–H groups in total. The highest BCUT2D eigenvalue weighted by Gasteiger charge is 2.48. The standard InChI is InChI=1S/C13H23N3O3/c1-13(12(18)19,10-3-4-10)15-11(17)9-16-7-2-5-14-6-8-16/h10,14H,2-9H2,1H3,(H,15,17)(H,18,19). The van der Waals surface area contributed by atoms with Gasteiger partial charge >= 0.3 is 5.97 Å². The zero-order valence-electron chi connectivity index (χ0n) is 11.4. The molecule has 1 saturated carbocycles. The van der Waals surface area contributed by atoms with E-state index in [1.54, 1.807) is 6.92 Å². The molecule has 2 aliphatic rings. The largest absolute Gasteiger partial charge is 0.480 e. The topological polar surface area (TPSA) is 81.7 Å². The molecule has 0 radical (unpaired) electrons. The van der Waals surface area contributed by atoms with E-state index in [0.717, 1.165) is 45.4 Å². The van der Waals surface area contributed by atoms with Gasteiger partial charge in [0.1, 0.15) is 5.54 Å². The highest BCUT2D eigenvalue weighted by Crippen LogP contribution is 2.39. The third-order valence-corrected chi connectivity index (χ3v) is 4.04. The zero-order valence-corrected chi connectivity index (χ0v) is 11.4. The summed E-state index contributed by atoms with van der Waals surface area (Å²) < 4.78 is 0. The van der Waals surface area contributed by atoms with Crippen molar-refractivity contribution in [1.29, 1.82) is 0 Å². The van der Waals surface area contributed by atoms with Gasteiger partial charge in [0, 0.05) is 13.1 Å². The van der Waals surface area contributed by atoms with Gasteiger partial charge in [-0.15, -0.1) is 0 Å². The second kappa shape index (κ2) is 5.88. The number of carboxylic acid groups (broad SMARTS) is 1. The second-order valence-corrected chi connectivity index (χ2v) is 5.71. The van der Waals surface area contributed by atoms with Gasteiger partial charge < -0.3 is 15.7 Å². The predicted octanol–water partition coefficient (Wildman–Crippen LogP) is -0.349. The lowest BCUT2D eigenvalue weighted by Gasteiger charge is -2.28. The van der Waals surface area contributed by atoms with Crippen molar-refractivity contribution in [2.24, 2.45) is 5.92 Å². The molecular formula is C13H23N3O3. The van der Waals surface area contributed by atoms with Crippen LogP contribution in [-0.4, -0.2) is 60.1 Å². The Kier molecular flexibility index (Phi) is 4.42. The first-order valence-corrected chi connectivity index (χ1v) is 7.00. The van der Waals surface area contributed by atoms with Gasteiger partial charge in [0.15, 0.2) is 0 Å². The van der Waals surface area contributed by atoms with Crippen molar-refractivity contribution >= 4 is 11.9 Å². The zero-order chi connectivity index (χ0) is 13.9. The van der Waals surface area contributed by atoms with Crippen LogP contribution in [0.3, 0.4) is 0 Å². The normalized spacial score (nSPS) is 24.3. The van der Waals surface area contributed by atoms with Crippen molar-refractivity contribution in [3.63, 3.8) is 0 Å². The number of carboxylic acids is 1. The molecule has 0 aromatic heterocycles. The van der Waals surface area contributed by atoms with Crippen molar-refractivity contribution in [2.45, 2.75) is 31.7 Å². The highest BCUT2D eigenvalue weighted by molar-refractivity contribution is 5.88. The Morgan fingerprint density at radius 3 is 2.74 bits per heavy atom. The van der Waals surface area contributed by atoms with Crippen molar-refractivity contribution in [2.75, 3.05) is 32.7 Å². The number of aliphatic carboxylic acids is 1. The van der Waals surface area contributed by atoms with E-state index in [2.05, 4.69) is 15.5 Å². The fraction of sp³-hybridized carbons (Fsp3) is 0.846. The summed E-state index contributed by atoms with van der Waals surface area (Å²) in [4.78, 5) is 25.5. The lowest BCUT2D eigenvalue weighted by atomic mass is 9.96. The minimum atomic E-state index is -1.10. The summed E-state index contributed by atoms with van der Waals surface area (Å²) in [5.41, 5.74) is -1.10. The monoisotopic (exact) mass is 269 g/mol. The maximum absolute atomic E-state index is 12.0. The molecule has 0 aromatic rings. The van der Waals surface area contributed by atoms with E-state index in [9.17, 15) is 14.7 Å². The van der Waals surface area contributed by atoms with Crippen LogP contribution in [0.1, 0.15) is 26.2 Å². The Bertz CT molecular complexity index is 349. The van der Waals surface area contributed by atoms with Crippen LogP contribution in [-0.2, 0) is 9.59 Å². The van der Waals surface area contributed by atoms with Gasteiger partial charge in [-0.05, 0) is 45.2 Å². The summed E-state index contributed by atoms with van der Waals surface area (Å²) in [5, 5.41) is 15.3. The highest BCUT2D eigenvalue weighted by atomic mass is 16.4. The Morgan fingerprint density at radius 1 is 1.37 bits per heavy atom. The van der Waals surface area contributed by atoms with Gasteiger partial charge in [0.05, 0.1) is 6.54 Å². The molecule has 1 unspecified atom stereocenters. The van der Waals surface area contributed by atoms with Gasteiger partial charge in [-0.2, -0.15) is 0 Å². The van der Waals surface area contributed by atoms with Gasteiger partial charge in [-0.3, -0.25) is 9.69 Å². The van der Waals surface area contributed by atoms with Gasteiger partial charge in [-0.1, -0.05) is 0 Å². The molecule has 1 amide bonds. The molecule has 19 heavy (non-hydrogen) atoms. The predicted molar refractivity (Wildman–Crippen MR) is 70.8 cm³/mol. The molecule has 0 aromatic carbocycles. The number of hydrogen-bond donors (Lipinski definition) is 3. The van der Waals surface area contributed by atoms with Crippen molar-refractivity contribution in [3.05, 3.63) is 0 Å². The van der Waals surface area contributed by atoms with E-state index < -0.39 is 11.5 Å². The Hall–Kier alpha value is -1.14. The number of rotatable bonds is 5. The van der Waals surface area contributed by atoms with Crippen LogP contribution in [0.25, 0.3) is 0 Å². The molecule has 1 aliphatic heterocycles. The minimum absolute atomic E-state index is 0.0831. The first kappa shape index (κ1) is 14.3. The van der Waals surface area contributed by atoms with Crippen molar-refractivity contribution in [1.82, 2.24) is 15.5 Å². The number of carbonyl (C=O) groups excluding carboxylic acids is 1. The summed E-state index contributed by atoms with van der Waals surface area (Å²) in [6.07, 6.45) is 2.79. The van der Waals surface area contributed by atoms with Crippen LogP contribution in [0, 0.1) is 5.92 Å². The molecule has 6 heteroatoms. The molecule has 0 spiro atoms. The summed E-state index contributed by atoms with van der Waals surface area (Å²) in [5.74, 6) is -1.03. The number of nitrogens with one attached hydrogen (secondary N) is 2. The quantitative estimate of drug-likeness (QED) is 0.635. The second-order valence-electron chi connectivity index (χ2n) is 5.71. The lowest BCUT2D eigenvalue weighted by Crippen LogP contribution is -2.56. The molecule has 6 nitrogen and oxygen atoms in total. The van der Waals surface area contributed by atoms with Crippen LogP contribution in [0.4, 0.5) is 0 Å². The van der Waals surface area contributed by atoms with Crippen molar-refractivity contribution < 1.29 is 14.7 Å². The average Bonchev–Trinajstić information content (AvgIpc) is 3.16. The Morgan fingerprint density at radius 2 is 2.11 bits per heavy atom. The molecular weight excluding hydrogens is 246 g/mol. The third-order valence-electron chi connectivity index (χ3n) is 4.04. The summed E-state index contributed by atoms with van der Waals surface area (Å²) in [7, 11) is 0. The number of amides is 1. The summed E-state index contributed by atoms with van der Waals surface area (Å²) >= 11 is 0. The average molecular weight is 269 g/mol. The SMILES string of the molecule is CC(NC(=O)CN1CCCNCC1)(C(=O)O)C1CC1. The van der Waals surface area contributed by atoms with Gasteiger partial charge in [0.25, 0.3) is 0 Å². The Labute approximate surface area is 113 Å². The fourth-order valence-corrected chi connectivity index (χ4v) is 2.58. The molecule has 0 bridgehead atoms. The van der Waals surface area contributed by atoms with Crippen LogP contribution in [0.15, 0.2) is 0 Å². The van der Waals surface area contributed by atoms with E-state index >= 15 is 0 Å². The number of carbonyl (C=O) groups is 2. The van der Waals surface area contributed by atoms with Crippen molar-refractivity contribution in [3.8, 4) is 0 Å². The van der Waals surface area contributed by atoms with Gasteiger partial charge in [-0.25, -0.2) is 4.79 Å². The summed E-state index contributed by atoms with van der Waals surface area (Å²) in [6, 6.07) is 0. The van der Waals surface area contributed by atoms with E-state index in [-0.39, 0.29) is 18.4 Å². The third kappa shape index (κ3) is 3.67. The molecule has 1 saturated heterocycles. The molecule has 1 atom stereocenters. The lowest BCUT2D eigenvalue weighted by molar-refractivity contribution is -0.148. The molecule has 1 aliphatic carbocycles. The number of nitrogens with zero attached hydrogens (tertiary/aromatic N) is 1. The first-order valence-electron chi connectivity index (χ1n) is 7.00. The van der Waals surface area contributed by atoms with Crippen LogP contribution in [0.2, 0.25) is 0 Å². The minimum Gasteiger partial charge on any atom is -0.480 e. The van der Waals surface area contributed by atoms with Crippen LogP contribution in [0.5, 0.6) is 0 Å². The molecule has 108 valence electrons. The maximum atomic E-state index is 12.0. The van der Waals surface area contributed by atoms with Gasteiger partial charge in [0.2, 0.25) is 5.91 Å². The smallest absolute Gasteiger partial charge is 0.329 e. The molecule has 2 rings (SSSR count). The van der Waals surface area contributed by atoms with E-state index in [1.807, 2.05) is 0 Å². The Balaban J connectivity index is 1.87. The first-order chi connectivity index (χ1) is 9.02. The van der Waals surface area contributed by atoms with E-state index in [1.165, 1.54) is 0 Å². The van der Waals surface area contributed by atoms with E-state index in [4.69, 9.17) is 0 Å².